The second-order valence-electron chi connectivity index (χ2n) is 5.21. The van der Waals surface area contributed by atoms with E-state index in [0.717, 1.165) is 23.3 Å². The van der Waals surface area contributed by atoms with Gasteiger partial charge >= 0.3 is 0 Å². The molecule has 0 radical (unpaired) electrons. The molecule has 0 atom stereocenters. The highest BCUT2D eigenvalue weighted by Crippen LogP contribution is 2.27. The molecule has 0 unspecified atom stereocenters. The van der Waals surface area contributed by atoms with Crippen molar-refractivity contribution in [1.29, 1.82) is 0 Å². The van der Waals surface area contributed by atoms with Crippen molar-refractivity contribution in [2.75, 3.05) is 0 Å². The van der Waals surface area contributed by atoms with Crippen molar-refractivity contribution in [3.05, 3.63) is 59.2 Å². The first-order chi connectivity index (χ1) is 10.1. The van der Waals surface area contributed by atoms with Crippen molar-refractivity contribution >= 4 is 17.2 Å². The van der Waals surface area contributed by atoms with E-state index >= 15 is 0 Å². The molecule has 110 valence electrons. The molecule has 0 spiro atoms. The topological polar surface area (TPSA) is 35.2 Å². The summed E-state index contributed by atoms with van der Waals surface area (Å²) in [7, 11) is 0. The van der Waals surface area contributed by atoms with Crippen molar-refractivity contribution in [3.63, 3.8) is 0 Å². The van der Waals surface area contributed by atoms with Gasteiger partial charge in [0.05, 0.1) is 5.56 Å². The van der Waals surface area contributed by atoms with Crippen LogP contribution in [0.1, 0.15) is 36.5 Å². The van der Waals surface area contributed by atoms with E-state index in [1.807, 2.05) is 37.3 Å². The molecule has 21 heavy (non-hydrogen) atoms. The van der Waals surface area contributed by atoms with Crippen LogP contribution in [0.25, 0.3) is 0 Å². The van der Waals surface area contributed by atoms with Crippen molar-refractivity contribution in [2.45, 2.75) is 33.1 Å². The van der Waals surface area contributed by atoms with Crippen molar-refractivity contribution < 1.29 is 4.74 Å². The molecule has 0 saturated heterocycles. The molecule has 0 fully saturated rings. The van der Waals surface area contributed by atoms with Crippen LogP contribution < -0.4 is 10.5 Å². The minimum Gasteiger partial charge on any atom is -0.457 e. The van der Waals surface area contributed by atoms with Gasteiger partial charge in [0.15, 0.2) is 0 Å². The van der Waals surface area contributed by atoms with E-state index < -0.39 is 0 Å². The lowest BCUT2D eigenvalue weighted by Gasteiger charge is -2.11. The van der Waals surface area contributed by atoms with E-state index in [1.54, 1.807) is 0 Å². The largest absolute Gasteiger partial charge is 0.457 e. The summed E-state index contributed by atoms with van der Waals surface area (Å²) in [5.41, 5.74) is 8.97. The first-order valence-corrected chi connectivity index (χ1v) is 7.68. The summed E-state index contributed by atoms with van der Waals surface area (Å²) in [5.74, 6) is 1.52. The first-order valence-electron chi connectivity index (χ1n) is 7.27. The van der Waals surface area contributed by atoms with Crippen LogP contribution in [0.4, 0.5) is 0 Å². The van der Waals surface area contributed by atoms with E-state index in [-0.39, 0.29) is 0 Å². The Hall–Kier alpha value is -1.87. The highest BCUT2D eigenvalue weighted by atomic mass is 32.1. The molecule has 0 bridgehead atoms. The van der Waals surface area contributed by atoms with Crippen LogP contribution in [0.5, 0.6) is 11.5 Å². The maximum Gasteiger partial charge on any atom is 0.137 e. The molecule has 2 aromatic carbocycles. The molecule has 2 N–H and O–H groups in total. The predicted octanol–water partition coefficient (Wildman–Crippen LogP) is 4.76. The Bertz CT molecular complexity index is 620. The van der Waals surface area contributed by atoms with E-state index in [0.29, 0.717) is 10.7 Å². The first kappa shape index (κ1) is 15.5. The standard InChI is InChI=1S/C18H21NOS/c1-3-4-5-14-7-9-15(10-8-14)20-17-12-13(2)6-11-16(17)18(19)21/h6-12H,3-5H2,1-2H3,(H2,19,21). The Labute approximate surface area is 131 Å². The average Bonchev–Trinajstić information content (AvgIpc) is 2.46. The van der Waals surface area contributed by atoms with Crippen LogP contribution >= 0.6 is 12.2 Å². The quantitative estimate of drug-likeness (QED) is 0.781. The third-order valence-electron chi connectivity index (χ3n) is 3.37. The fourth-order valence-corrected chi connectivity index (χ4v) is 2.32. The van der Waals surface area contributed by atoms with Gasteiger partial charge in [0, 0.05) is 0 Å². The Morgan fingerprint density at radius 1 is 1.14 bits per heavy atom. The van der Waals surface area contributed by atoms with Gasteiger partial charge in [-0.2, -0.15) is 0 Å². The molecule has 2 aromatic rings. The number of hydrogen-bond acceptors (Lipinski definition) is 2. The van der Waals surface area contributed by atoms with Gasteiger partial charge in [-0.25, -0.2) is 0 Å². The zero-order valence-electron chi connectivity index (χ0n) is 12.6. The summed E-state index contributed by atoms with van der Waals surface area (Å²) in [6, 6.07) is 14.1. The summed E-state index contributed by atoms with van der Waals surface area (Å²) >= 11 is 5.08. The molecular formula is C18H21NOS. The minimum atomic E-state index is 0.351. The molecule has 0 saturated carbocycles. The van der Waals surface area contributed by atoms with E-state index in [9.17, 15) is 0 Å². The molecular weight excluding hydrogens is 278 g/mol. The molecule has 2 rings (SSSR count). The predicted molar refractivity (Wildman–Crippen MR) is 92.2 cm³/mol. The van der Waals surface area contributed by atoms with Crippen LogP contribution in [0.15, 0.2) is 42.5 Å². The maximum atomic E-state index is 5.94. The minimum absolute atomic E-state index is 0.351. The summed E-state index contributed by atoms with van der Waals surface area (Å²) in [6.45, 7) is 4.22. The lowest BCUT2D eigenvalue weighted by molar-refractivity contribution is 0.481. The highest BCUT2D eigenvalue weighted by molar-refractivity contribution is 7.80. The van der Waals surface area contributed by atoms with Gasteiger partial charge in [-0.1, -0.05) is 43.8 Å². The monoisotopic (exact) mass is 299 g/mol. The Kier molecular flexibility index (Phi) is 5.34. The van der Waals surface area contributed by atoms with Gasteiger partial charge in [0.1, 0.15) is 16.5 Å². The fraction of sp³-hybridized carbons (Fsp3) is 0.278. The number of unbranched alkanes of at least 4 members (excludes halogenated alkanes) is 1. The number of hydrogen-bond donors (Lipinski definition) is 1. The fourth-order valence-electron chi connectivity index (χ4n) is 2.15. The average molecular weight is 299 g/mol. The normalized spacial score (nSPS) is 10.4. The lowest BCUT2D eigenvalue weighted by Crippen LogP contribution is -2.10. The second kappa shape index (κ2) is 7.23. The van der Waals surface area contributed by atoms with Gasteiger partial charge in [0.2, 0.25) is 0 Å². The molecule has 0 aliphatic carbocycles. The van der Waals surface area contributed by atoms with E-state index in [1.165, 1.54) is 18.4 Å². The maximum absolute atomic E-state index is 5.94. The Morgan fingerprint density at radius 2 is 1.86 bits per heavy atom. The molecule has 0 aromatic heterocycles. The summed E-state index contributed by atoms with van der Waals surface area (Å²) < 4.78 is 5.94. The third-order valence-corrected chi connectivity index (χ3v) is 3.59. The number of nitrogens with two attached hydrogens (primary N) is 1. The third kappa shape index (κ3) is 4.30. The summed E-state index contributed by atoms with van der Waals surface area (Å²) in [4.78, 5) is 0.351. The number of ether oxygens (including phenoxy) is 1. The van der Waals surface area contributed by atoms with Crippen LogP contribution in [0.3, 0.4) is 0 Å². The smallest absolute Gasteiger partial charge is 0.137 e. The molecule has 0 aliphatic heterocycles. The zero-order chi connectivity index (χ0) is 15.2. The van der Waals surface area contributed by atoms with Crippen LogP contribution in [-0.4, -0.2) is 4.99 Å². The van der Waals surface area contributed by atoms with Gasteiger partial charge < -0.3 is 10.5 Å². The number of benzene rings is 2. The summed E-state index contributed by atoms with van der Waals surface area (Å²) in [6.07, 6.45) is 3.53. The van der Waals surface area contributed by atoms with Crippen LogP contribution in [-0.2, 0) is 6.42 Å². The van der Waals surface area contributed by atoms with Gasteiger partial charge in [-0.15, -0.1) is 0 Å². The van der Waals surface area contributed by atoms with Crippen LogP contribution in [0, 0.1) is 6.92 Å². The Morgan fingerprint density at radius 3 is 2.48 bits per heavy atom. The molecule has 3 heteroatoms. The van der Waals surface area contributed by atoms with Gasteiger partial charge in [0.25, 0.3) is 0 Å². The number of rotatable bonds is 6. The molecule has 2 nitrogen and oxygen atoms in total. The van der Waals surface area contributed by atoms with Gasteiger partial charge in [-0.05, 0) is 55.2 Å². The summed E-state index contributed by atoms with van der Waals surface area (Å²) in [5, 5.41) is 0. The zero-order valence-corrected chi connectivity index (χ0v) is 13.4. The van der Waals surface area contributed by atoms with E-state index in [4.69, 9.17) is 22.7 Å². The lowest BCUT2D eigenvalue weighted by atomic mass is 10.1. The van der Waals surface area contributed by atoms with Crippen molar-refractivity contribution in [3.8, 4) is 11.5 Å². The molecule has 0 heterocycles. The number of thiocarbonyl (C=S) groups is 1. The van der Waals surface area contributed by atoms with E-state index in [2.05, 4.69) is 19.1 Å². The molecule has 0 amide bonds. The highest BCUT2D eigenvalue weighted by Gasteiger charge is 2.08. The van der Waals surface area contributed by atoms with Crippen LogP contribution in [0.2, 0.25) is 0 Å². The molecule has 0 aliphatic rings. The Balaban J connectivity index is 2.18. The van der Waals surface area contributed by atoms with Crippen molar-refractivity contribution in [2.24, 2.45) is 5.73 Å². The number of aryl methyl sites for hydroxylation is 2. The second-order valence-corrected chi connectivity index (χ2v) is 5.65. The SMILES string of the molecule is CCCCc1ccc(Oc2cc(C)ccc2C(N)=S)cc1. The van der Waals surface area contributed by atoms with Gasteiger partial charge in [-0.3, -0.25) is 0 Å². The van der Waals surface area contributed by atoms with Crippen molar-refractivity contribution in [1.82, 2.24) is 0 Å².